The van der Waals surface area contributed by atoms with Crippen molar-refractivity contribution in [3.05, 3.63) is 53.0 Å². The normalized spacial score (nSPS) is 9.67. The van der Waals surface area contributed by atoms with E-state index in [0.29, 0.717) is 16.9 Å². The average Bonchev–Trinajstić information content (AvgIpc) is 2.44. The summed E-state index contributed by atoms with van der Waals surface area (Å²) in [7, 11) is 0. The van der Waals surface area contributed by atoms with Crippen molar-refractivity contribution in [2.24, 2.45) is 5.73 Å². The number of rotatable bonds is 2. The van der Waals surface area contributed by atoms with Gasteiger partial charge in [-0.2, -0.15) is 0 Å². The molecule has 2 rings (SSSR count). The van der Waals surface area contributed by atoms with Crippen molar-refractivity contribution in [2.45, 2.75) is 13.8 Å². The summed E-state index contributed by atoms with van der Waals surface area (Å²) >= 11 is 0. The first-order chi connectivity index (χ1) is 10.1. The Kier molecular flexibility index (Phi) is 4.64. The molecule has 5 nitrogen and oxygen atoms in total. The number of aromatic nitrogens is 2. The van der Waals surface area contributed by atoms with Crippen LogP contribution in [0.2, 0.25) is 0 Å². The zero-order valence-corrected chi connectivity index (χ0v) is 12.0. The van der Waals surface area contributed by atoms with E-state index in [9.17, 15) is 4.79 Å². The molecule has 3 N–H and O–H groups in total. The third-order valence-corrected chi connectivity index (χ3v) is 2.73. The van der Waals surface area contributed by atoms with E-state index >= 15 is 0 Å². The van der Waals surface area contributed by atoms with E-state index in [2.05, 4.69) is 27.1 Å². The van der Waals surface area contributed by atoms with Crippen LogP contribution >= 0.6 is 0 Å². The number of carbonyl (C=O) groups is 1. The maximum absolute atomic E-state index is 12.3. The standard InChI is InChI=1S/C16H16N4O/c1-11-8-12(2)19-15(9-11)20-16(21)14-5-7-18-10-13(14)4-3-6-17/h5,7-10H,6,17H2,1-2H3,(H,19,20,21). The maximum atomic E-state index is 12.3. The maximum Gasteiger partial charge on any atom is 0.258 e. The lowest BCUT2D eigenvalue weighted by Gasteiger charge is -2.07. The number of pyridine rings is 2. The molecule has 0 radical (unpaired) electrons. The van der Waals surface area contributed by atoms with Crippen LogP contribution in [0, 0.1) is 25.7 Å². The molecule has 0 aliphatic heterocycles. The third-order valence-electron chi connectivity index (χ3n) is 2.73. The molecule has 2 aromatic heterocycles. The fourth-order valence-corrected chi connectivity index (χ4v) is 1.93. The van der Waals surface area contributed by atoms with Crippen LogP contribution in [-0.2, 0) is 0 Å². The molecule has 2 heterocycles. The van der Waals surface area contributed by atoms with Crippen molar-refractivity contribution >= 4 is 11.7 Å². The highest BCUT2D eigenvalue weighted by Gasteiger charge is 2.11. The molecule has 0 unspecified atom stereocenters. The number of amides is 1. The van der Waals surface area contributed by atoms with E-state index in [0.717, 1.165) is 11.3 Å². The molecule has 5 heteroatoms. The zero-order valence-electron chi connectivity index (χ0n) is 12.0. The number of nitrogens with one attached hydrogen (secondary N) is 1. The third kappa shape index (κ3) is 3.88. The van der Waals surface area contributed by atoms with Crippen LogP contribution in [0.15, 0.2) is 30.6 Å². The Bertz CT molecular complexity index is 708. The van der Waals surface area contributed by atoms with Gasteiger partial charge in [-0.3, -0.25) is 9.78 Å². The van der Waals surface area contributed by atoms with Crippen LogP contribution < -0.4 is 11.1 Å². The van der Waals surface area contributed by atoms with E-state index in [1.165, 1.54) is 0 Å². The molecule has 0 fully saturated rings. The summed E-state index contributed by atoms with van der Waals surface area (Å²) < 4.78 is 0. The zero-order chi connectivity index (χ0) is 15.2. The van der Waals surface area contributed by atoms with Crippen LogP contribution in [0.5, 0.6) is 0 Å². The van der Waals surface area contributed by atoms with Crippen molar-refractivity contribution in [1.82, 2.24) is 9.97 Å². The summed E-state index contributed by atoms with van der Waals surface area (Å²) in [4.78, 5) is 20.6. The summed E-state index contributed by atoms with van der Waals surface area (Å²) in [5.41, 5.74) is 8.24. The number of nitrogens with two attached hydrogens (primary N) is 1. The van der Waals surface area contributed by atoms with Gasteiger partial charge >= 0.3 is 0 Å². The lowest BCUT2D eigenvalue weighted by Crippen LogP contribution is -2.15. The molecular formula is C16H16N4O. The molecule has 106 valence electrons. The summed E-state index contributed by atoms with van der Waals surface area (Å²) in [6, 6.07) is 5.39. The van der Waals surface area contributed by atoms with Gasteiger partial charge in [0.1, 0.15) is 5.82 Å². The minimum absolute atomic E-state index is 0.231. The lowest BCUT2D eigenvalue weighted by atomic mass is 10.1. The van der Waals surface area contributed by atoms with Gasteiger partial charge in [-0.25, -0.2) is 4.98 Å². The highest BCUT2D eigenvalue weighted by Crippen LogP contribution is 2.12. The molecule has 1 amide bonds. The second-order valence-corrected chi connectivity index (χ2v) is 4.55. The fraction of sp³-hybridized carbons (Fsp3) is 0.188. The molecular weight excluding hydrogens is 264 g/mol. The summed E-state index contributed by atoms with van der Waals surface area (Å²) in [6.07, 6.45) is 3.10. The first-order valence-electron chi connectivity index (χ1n) is 6.49. The van der Waals surface area contributed by atoms with E-state index in [1.54, 1.807) is 18.5 Å². The molecule has 2 aromatic rings. The Hall–Kier alpha value is -2.71. The van der Waals surface area contributed by atoms with Gasteiger partial charge in [0.2, 0.25) is 0 Å². The summed E-state index contributed by atoms with van der Waals surface area (Å²) in [5, 5.41) is 2.78. The molecule has 0 aliphatic carbocycles. The number of aryl methyl sites for hydroxylation is 2. The van der Waals surface area contributed by atoms with Crippen molar-refractivity contribution in [1.29, 1.82) is 0 Å². The molecule has 0 bridgehead atoms. The monoisotopic (exact) mass is 280 g/mol. The quantitative estimate of drug-likeness (QED) is 0.820. The van der Waals surface area contributed by atoms with Gasteiger partial charge < -0.3 is 11.1 Å². The molecule has 0 saturated carbocycles. The largest absolute Gasteiger partial charge is 0.320 e. The second-order valence-electron chi connectivity index (χ2n) is 4.55. The van der Waals surface area contributed by atoms with Gasteiger partial charge in [-0.05, 0) is 37.6 Å². The Labute approximate surface area is 123 Å². The molecule has 0 atom stereocenters. The number of hydrogen-bond donors (Lipinski definition) is 2. The molecule has 0 aromatic carbocycles. The minimum Gasteiger partial charge on any atom is -0.320 e. The summed E-state index contributed by atoms with van der Waals surface area (Å²) in [5.74, 6) is 5.82. The number of carbonyl (C=O) groups excluding carboxylic acids is 1. The van der Waals surface area contributed by atoms with Crippen molar-refractivity contribution < 1.29 is 4.79 Å². The SMILES string of the molecule is Cc1cc(C)nc(NC(=O)c2ccncc2C#CCN)c1. The number of nitrogens with zero attached hydrogens (tertiary/aromatic N) is 2. The number of hydrogen-bond acceptors (Lipinski definition) is 4. The predicted molar refractivity (Wildman–Crippen MR) is 81.8 cm³/mol. The highest BCUT2D eigenvalue weighted by atomic mass is 16.1. The van der Waals surface area contributed by atoms with Gasteiger partial charge in [0.05, 0.1) is 17.7 Å². The van der Waals surface area contributed by atoms with E-state index < -0.39 is 0 Å². The van der Waals surface area contributed by atoms with E-state index in [1.807, 2.05) is 26.0 Å². The first kappa shape index (κ1) is 14.7. The van der Waals surface area contributed by atoms with Crippen molar-refractivity contribution in [2.75, 3.05) is 11.9 Å². The van der Waals surface area contributed by atoms with Crippen molar-refractivity contribution in [3.63, 3.8) is 0 Å². The van der Waals surface area contributed by atoms with E-state index in [-0.39, 0.29) is 12.5 Å². The van der Waals surface area contributed by atoms with E-state index in [4.69, 9.17) is 5.73 Å². The van der Waals surface area contributed by atoms with Crippen LogP contribution in [0.1, 0.15) is 27.2 Å². The first-order valence-corrected chi connectivity index (χ1v) is 6.49. The Morgan fingerprint density at radius 2 is 2.19 bits per heavy atom. The minimum atomic E-state index is -0.267. The number of anilines is 1. The predicted octanol–water partition coefficient (Wildman–Crippen LogP) is 1.66. The topological polar surface area (TPSA) is 80.9 Å². The van der Waals surface area contributed by atoms with Crippen LogP contribution in [-0.4, -0.2) is 22.4 Å². The Morgan fingerprint density at radius 1 is 1.38 bits per heavy atom. The molecule has 21 heavy (non-hydrogen) atoms. The van der Waals surface area contributed by atoms with Gasteiger partial charge in [-0.1, -0.05) is 11.8 Å². The van der Waals surface area contributed by atoms with Gasteiger partial charge in [0, 0.05) is 18.1 Å². The average molecular weight is 280 g/mol. The smallest absolute Gasteiger partial charge is 0.258 e. The highest BCUT2D eigenvalue weighted by molar-refractivity contribution is 6.05. The van der Waals surface area contributed by atoms with Crippen molar-refractivity contribution in [3.8, 4) is 11.8 Å². The van der Waals surface area contributed by atoms with Gasteiger partial charge in [-0.15, -0.1) is 0 Å². The van der Waals surface area contributed by atoms with Gasteiger partial charge in [0.15, 0.2) is 0 Å². The van der Waals surface area contributed by atoms with Crippen LogP contribution in [0.4, 0.5) is 5.82 Å². The second kappa shape index (κ2) is 6.64. The molecule has 0 saturated heterocycles. The Morgan fingerprint density at radius 3 is 2.90 bits per heavy atom. The van der Waals surface area contributed by atoms with Crippen LogP contribution in [0.3, 0.4) is 0 Å². The Balaban J connectivity index is 2.28. The summed E-state index contributed by atoms with van der Waals surface area (Å²) in [6.45, 7) is 4.07. The van der Waals surface area contributed by atoms with Gasteiger partial charge in [0.25, 0.3) is 5.91 Å². The lowest BCUT2D eigenvalue weighted by molar-refractivity contribution is 0.102. The molecule has 0 spiro atoms. The molecule has 0 aliphatic rings. The van der Waals surface area contributed by atoms with Crippen LogP contribution in [0.25, 0.3) is 0 Å². The fourth-order valence-electron chi connectivity index (χ4n) is 1.93.